The van der Waals surface area contributed by atoms with Crippen LogP contribution in [-0.4, -0.2) is 72.2 Å². The summed E-state index contributed by atoms with van der Waals surface area (Å²) >= 11 is 0. The van der Waals surface area contributed by atoms with E-state index in [-0.39, 0.29) is 48.0 Å². The minimum absolute atomic E-state index is 0.0284. The number of piperazine rings is 1. The van der Waals surface area contributed by atoms with Crippen LogP contribution in [0.5, 0.6) is 0 Å². The minimum Gasteiger partial charge on any atom is -0.360 e. The van der Waals surface area contributed by atoms with Gasteiger partial charge in [-0.3, -0.25) is 9.59 Å². The molecule has 2 unspecified atom stereocenters. The largest absolute Gasteiger partial charge is 0.360 e. The number of benzene rings is 1. The number of hydrogen-bond donors (Lipinski definition) is 0. The number of sulfonamides is 1. The summed E-state index contributed by atoms with van der Waals surface area (Å²) < 4.78 is 32.4. The zero-order chi connectivity index (χ0) is 23.0. The van der Waals surface area contributed by atoms with Crippen LogP contribution >= 0.6 is 0 Å². The summed E-state index contributed by atoms with van der Waals surface area (Å²) in [4.78, 5) is 29.3. The third-order valence-corrected chi connectivity index (χ3v) is 8.52. The Morgan fingerprint density at radius 3 is 2.38 bits per heavy atom. The molecule has 0 N–H and O–H groups in total. The Bertz CT molecular complexity index is 1090. The van der Waals surface area contributed by atoms with Crippen LogP contribution in [0, 0.1) is 19.8 Å². The van der Waals surface area contributed by atoms with Gasteiger partial charge in [0, 0.05) is 39.1 Å². The molecule has 1 aromatic carbocycles. The normalized spacial score (nSPS) is 21.2. The zero-order valence-electron chi connectivity index (χ0n) is 18.5. The van der Waals surface area contributed by atoms with E-state index in [1.54, 1.807) is 23.6 Å². The molecule has 2 aromatic rings. The van der Waals surface area contributed by atoms with Crippen LogP contribution in [-0.2, 0) is 19.6 Å². The maximum absolute atomic E-state index is 13.1. The molecule has 3 heterocycles. The second-order valence-corrected chi connectivity index (χ2v) is 10.3. The number of carbonyl (C=O) groups is 2. The summed E-state index contributed by atoms with van der Waals surface area (Å²) in [6.45, 7) is 6.50. The van der Waals surface area contributed by atoms with Crippen LogP contribution in [0.2, 0.25) is 0 Å². The van der Waals surface area contributed by atoms with Crippen LogP contribution in [0.4, 0.5) is 0 Å². The number of likely N-dealkylation sites (tertiary alicyclic amines) is 1. The fourth-order valence-corrected chi connectivity index (χ4v) is 6.28. The van der Waals surface area contributed by atoms with E-state index in [9.17, 15) is 18.0 Å². The van der Waals surface area contributed by atoms with E-state index >= 15 is 0 Å². The van der Waals surface area contributed by atoms with Crippen molar-refractivity contribution < 1.29 is 22.5 Å². The molecule has 4 rings (SSSR count). The van der Waals surface area contributed by atoms with Crippen molar-refractivity contribution in [3.8, 4) is 0 Å². The molecule has 32 heavy (non-hydrogen) atoms. The Balaban J connectivity index is 1.38. The van der Waals surface area contributed by atoms with Crippen LogP contribution in [0.15, 0.2) is 39.8 Å². The lowest BCUT2D eigenvalue weighted by atomic mass is 10.1. The molecule has 2 atom stereocenters. The molecule has 0 radical (unpaired) electrons. The van der Waals surface area contributed by atoms with Crippen molar-refractivity contribution in [1.82, 2.24) is 19.3 Å². The third kappa shape index (κ3) is 4.04. The zero-order valence-corrected chi connectivity index (χ0v) is 19.3. The number of aryl methyl sites for hydroxylation is 2. The van der Waals surface area contributed by atoms with Crippen LogP contribution in [0.1, 0.15) is 36.4 Å². The first-order valence-electron chi connectivity index (χ1n) is 10.8. The summed E-state index contributed by atoms with van der Waals surface area (Å²) in [6, 6.07) is 9.66. The van der Waals surface area contributed by atoms with Gasteiger partial charge in [0.05, 0.1) is 12.0 Å². The van der Waals surface area contributed by atoms with Gasteiger partial charge in [-0.05, 0) is 26.3 Å². The van der Waals surface area contributed by atoms with Crippen molar-refractivity contribution in [2.75, 3.05) is 32.7 Å². The maximum Gasteiger partial charge on any atom is 0.248 e. The van der Waals surface area contributed by atoms with E-state index in [1.807, 2.05) is 37.3 Å². The molecule has 9 nitrogen and oxygen atoms in total. The SMILES string of the molecule is Cc1noc(C)c1S(=O)(=O)N1CCN(C(=O)C2CC(=O)N(C(C)c3ccccc3)C2)CC1. The van der Waals surface area contributed by atoms with Gasteiger partial charge in [-0.2, -0.15) is 4.31 Å². The van der Waals surface area contributed by atoms with Crippen molar-refractivity contribution in [3.05, 3.63) is 47.3 Å². The number of hydrogen-bond acceptors (Lipinski definition) is 6. The van der Waals surface area contributed by atoms with Crippen molar-refractivity contribution in [2.45, 2.75) is 38.1 Å². The Kier molecular flexibility index (Phi) is 6.09. The maximum atomic E-state index is 13.1. The highest BCUT2D eigenvalue weighted by molar-refractivity contribution is 7.89. The molecule has 2 aliphatic rings. The predicted octanol–water partition coefficient (Wildman–Crippen LogP) is 1.73. The van der Waals surface area contributed by atoms with Crippen LogP contribution < -0.4 is 0 Å². The summed E-state index contributed by atoms with van der Waals surface area (Å²) in [7, 11) is -3.73. The Labute approximate surface area is 188 Å². The van der Waals surface area contributed by atoms with Crippen molar-refractivity contribution in [2.24, 2.45) is 5.92 Å². The topological polar surface area (TPSA) is 104 Å². The fraction of sp³-hybridized carbons (Fsp3) is 0.500. The molecule has 2 saturated heterocycles. The second kappa shape index (κ2) is 8.67. The Morgan fingerprint density at radius 2 is 1.78 bits per heavy atom. The van der Waals surface area contributed by atoms with Crippen molar-refractivity contribution in [1.29, 1.82) is 0 Å². The van der Waals surface area contributed by atoms with Gasteiger partial charge < -0.3 is 14.3 Å². The Hall–Kier alpha value is -2.72. The summed E-state index contributed by atoms with van der Waals surface area (Å²) in [5.41, 5.74) is 1.37. The predicted molar refractivity (Wildman–Crippen MR) is 116 cm³/mol. The summed E-state index contributed by atoms with van der Waals surface area (Å²) in [5.74, 6) is -0.257. The van der Waals surface area contributed by atoms with Crippen LogP contribution in [0.3, 0.4) is 0 Å². The molecule has 0 spiro atoms. The molecule has 2 amide bonds. The first-order chi connectivity index (χ1) is 15.2. The lowest BCUT2D eigenvalue weighted by Crippen LogP contribution is -2.52. The summed E-state index contributed by atoms with van der Waals surface area (Å²) in [5, 5.41) is 3.74. The molecule has 0 bridgehead atoms. The van der Waals surface area contributed by atoms with Gasteiger partial charge in [0.1, 0.15) is 10.6 Å². The third-order valence-electron chi connectivity index (χ3n) is 6.37. The highest BCUT2D eigenvalue weighted by Crippen LogP contribution is 2.30. The molecule has 172 valence electrons. The van der Waals surface area contributed by atoms with Crippen LogP contribution in [0.25, 0.3) is 0 Å². The summed E-state index contributed by atoms with van der Waals surface area (Å²) in [6.07, 6.45) is 0.188. The second-order valence-electron chi connectivity index (χ2n) is 8.42. The number of rotatable bonds is 5. The van der Waals surface area contributed by atoms with Crippen molar-refractivity contribution in [3.63, 3.8) is 0 Å². The molecule has 0 aliphatic carbocycles. The first kappa shape index (κ1) is 22.5. The first-order valence-corrected chi connectivity index (χ1v) is 12.2. The van der Waals surface area contributed by atoms with E-state index in [2.05, 4.69) is 5.16 Å². The fourth-order valence-electron chi connectivity index (χ4n) is 4.56. The average molecular weight is 461 g/mol. The van der Waals surface area contributed by atoms with Gasteiger partial charge in [0.2, 0.25) is 21.8 Å². The van der Waals surface area contributed by atoms with Gasteiger partial charge in [-0.25, -0.2) is 8.42 Å². The highest BCUT2D eigenvalue weighted by Gasteiger charge is 2.40. The Morgan fingerprint density at radius 1 is 1.12 bits per heavy atom. The van der Waals surface area contributed by atoms with Gasteiger partial charge in [-0.15, -0.1) is 0 Å². The highest BCUT2D eigenvalue weighted by atomic mass is 32.2. The quantitative estimate of drug-likeness (QED) is 0.673. The van der Waals surface area contributed by atoms with E-state index in [0.29, 0.717) is 25.3 Å². The number of carbonyl (C=O) groups excluding carboxylic acids is 2. The van der Waals surface area contributed by atoms with E-state index < -0.39 is 15.9 Å². The number of aromatic nitrogens is 1. The average Bonchev–Trinajstić information content (AvgIpc) is 3.35. The van der Waals surface area contributed by atoms with Gasteiger partial charge >= 0.3 is 0 Å². The molecular formula is C22H28N4O5S. The van der Waals surface area contributed by atoms with E-state index in [4.69, 9.17) is 4.52 Å². The smallest absolute Gasteiger partial charge is 0.248 e. The molecule has 0 saturated carbocycles. The van der Waals surface area contributed by atoms with Gasteiger partial charge in [0.15, 0.2) is 5.76 Å². The lowest BCUT2D eigenvalue weighted by Gasteiger charge is -2.35. The minimum atomic E-state index is -3.73. The molecular weight excluding hydrogens is 432 g/mol. The molecule has 1 aromatic heterocycles. The van der Waals surface area contributed by atoms with E-state index in [0.717, 1.165) is 5.56 Å². The molecule has 2 fully saturated rings. The standard InChI is InChI=1S/C22H28N4O5S/c1-15-21(17(3)31-23-15)32(29,30)25-11-9-24(10-12-25)22(28)19-13-20(27)26(14-19)16(2)18-7-5-4-6-8-18/h4-8,16,19H,9-14H2,1-3H3. The van der Waals surface area contributed by atoms with Gasteiger partial charge in [-0.1, -0.05) is 35.5 Å². The monoisotopic (exact) mass is 460 g/mol. The lowest BCUT2D eigenvalue weighted by molar-refractivity contribution is -0.137. The van der Waals surface area contributed by atoms with E-state index in [1.165, 1.54) is 4.31 Å². The van der Waals surface area contributed by atoms with Crippen molar-refractivity contribution >= 4 is 21.8 Å². The molecule has 2 aliphatic heterocycles. The molecule has 10 heteroatoms. The number of nitrogens with zero attached hydrogens (tertiary/aromatic N) is 4. The van der Waals surface area contributed by atoms with Gasteiger partial charge in [0.25, 0.3) is 0 Å². The number of amides is 2.